The van der Waals surface area contributed by atoms with Gasteiger partial charge in [0.2, 0.25) is 5.75 Å². The molecule has 0 radical (unpaired) electrons. The Morgan fingerprint density at radius 3 is 2.52 bits per heavy atom. The second kappa shape index (κ2) is 6.13. The first-order valence-electron chi connectivity index (χ1n) is 6.20. The van der Waals surface area contributed by atoms with Gasteiger partial charge in [0.05, 0.1) is 4.92 Å². The maximum Gasteiger partial charge on any atom is 0.339 e. The van der Waals surface area contributed by atoms with E-state index in [1.807, 2.05) is 0 Å². The van der Waals surface area contributed by atoms with E-state index < -0.39 is 32.3 Å². The van der Waals surface area contributed by atoms with Crippen molar-refractivity contribution < 1.29 is 26.7 Å². The summed E-state index contributed by atoms with van der Waals surface area (Å²) >= 11 is 0. The van der Waals surface area contributed by atoms with Crippen LogP contribution in [0.1, 0.15) is 17.3 Å². The first kappa shape index (κ1) is 16.6. The maximum absolute atomic E-state index is 13.2. The summed E-state index contributed by atoms with van der Waals surface area (Å²) in [6, 6.07) is 7.18. The highest BCUT2D eigenvalue weighted by Crippen LogP contribution is 2.30. The summed E-state index contributed by atoms with van der Waals surface area (Å²) in [6.45, 7) is 1.25. The van der Waals surface area contributed by atoms with Gasteiger partial charge in [-0.15, -0.1) is 0 Å². The first-order chi connectivity index (χ1) is 10.7. The van der Waals surface area contributed by atoms with Crippen molar-refractivity contribution >= 4 is 21.6 Å². The summed E-state index contributed by atoms with van der Waals surface area (Å²) in [7, 11) is -4.47. The molecule has 9 heteroatoms. The van der Waals surface area contributed by atoms with E-state index in [4.69, 9.17) is 0 Å². The van der Waals surface area contributed by atoms with E-state index in [-0.39, 0.29) is 16.2 Å². The monoisotopic (exact) mass is 339 g/mol. The van der Waals surface area contributed by atoms with Crippen molar-refractivity contribution in [1.82, 2.24) is 0 Å². The number of Topliss-reactive ketones (excluding diaryl/α,β-unsaturated/α-hetero) is 1. The molecular weight excluding hydrogens is 329 g/mol. The predicted molar refractivity (Wildman–Crippen MR) is 77.3 cm³/mol. The van der Waals surface area contributed by atoms with Gasteiger partial charge in [-0.05, 0) is 25.1 Å². The standard InChI is InChI=1S/C14H10FNO6S/c1-9(17)10-3-2-4-12(7-10)23(20,21)22-14-8-11(15)5-6-13(14)16(18)19/h2-8H,1H3. The van der Waals surface area contributed by atoms with Crippen LogP contribution in [0, 0.1) is 15.9 Å². The second-order valence-corrected chi connectivity index (χ2v) is 6.04. The lowest BCUT2D eigenvalue weighted by molar-refractivity contribution is -0.385. The third-order valence-electron chi connectivity index (χ3n) is 2.85. The predicted octanol–water partition coefficient (Wildman–Crippen LogP) is 2.70. The summed E-state index contributed by atoms with van der Waals surface area (Å²) in [5.74, 6) is -2.00. The maximum atomic E-state index is 13.2. The number of hydrogen-bond donors (Lipinski definition) is 0. The number of nitro groups is 1. The molecule has 0 spiro atoms. The van der Waals surface area contributed by atoms with Gasteiger partial charge in [0.15, 0.2) is 5.78 Å². The molecular formula is C14H10FNO6S. The molecule has 23 heavy (non-hydrogen) atoms. The highest BCUT2D eigenvalue weighted by Gasteiger charge is 2.24. The van der Waals surface area contributed by atoms with Crippen molar-refractivity contribution in [3.05, 3.63) is 64.0 Å². The molecule has 2 rings (SSSR count). The SMILES string of the molecule is CC(=O)c1cccc(S(=O)(=O)Oc2cc(F)ccc2[N+](=O)[O-])c1. The smallest absolute Gasteiger partial charge is 0.339 e. The quantitative estimate of drug-likeness (QED) is 0.359. The minimum Gasteiger partial charge on any atom is -0.371 e. The van der Waals surface area contributed by atoms with Gasteiger partial charge in [0.25, 0.3) is 0 Å². The third kappa shape index (κ3) is 3.69. The van der Waals surface area contributed by atoms with Crippen molar-refractivity contribution in [2.75, 3.05) is 0 Å². The Kier molecular flexibility index (Phi) is 4.41. The lowest BCUT2D eigenvalue weighted by Gasteiger charge is -2.08. The molecule has 0 atom stereocenters. The van der Waals surface area contributed by atoms with E-state index >= 15 is 0 Å². The molecule has 0 aromatic heterocycles. The Hall–Kier alpha value is -2.81. The Balaban J connectivity index is 2.47. The Morgan fingerprint density at radius 1 is 1.22 bits per heavy atom. The fraction of sp³-hybridized carbons (Fsp3) is 0.0714. The van der Waals surface area contributed by atoms with Crippen LogP contribution in [0.2, 0.25) is 0 Å². The van der Waals surface area contributed by atoms with Crippen molar-refractivity contribution in [1.29, 1.82) is 0 Å². The minimum atomic E-state index is -4.47. The van der Waals surface area contributed by atoms with Crippen molar-refractivity contribution in [3.8, 4) is 5.75 Å². The number of nitrogens with zero attached hydrogens (tertiary/aromatic N) is 1. The van der Waals surface area contributed by atoms with Crippen LogP contribution in [0.25, 0.3) is 0 Å². The zero-order chi connectivity index (χ0) is 17.2. The van der Waals surface area contributed by atoms with Gasteiger partial charge < -0.3 is 4.18 Å². The lowest BCUT2D eigenvalue weighted by atomic mass is 10.2. The summed E-state index contributed by atoms with van der Waals surface area (Å²) < 4.78 is 42.3. The van der Waals surface area contributed by atoms with E-state index in [0.717, 1.165) is 24.3 Å². The van der Waals surface area contributed by atoms with Crippen LogP contribution in [0.15, 0.2) is 47.4 Å². The van der Waals surface area contributed by atoms with Gasteiger partial charge in [0, 0.05) is 17.7 Å². The number of carbonyl (C=O) groups is 1. The average molecular weight is 339 g/mol. The number of carbonyl (C=O) groups excluding carboxylic acids is 1. The van der Waals surface area contributed by atoms with Crippen LogP contribution >= 0.6 is 0 Å². The van der Waals surface area contributed by atoms with Crippen LogP contribution in [0.4, 0.5) is 10.1 Å². The van der Waals surface area contributed by atoms with E-state index in [2.05, 4.69) is 4.18 Å². The van der Waals surface area contributed by atoms with E-state index in [1.54, 1.807) is 0 Å². The molecule has 120 valence electrons. The fourth-order valence-corrected chi connectivity index (χ4v) is 2.73. The van der Waals surface area contributed by atoms with Gasteiger partial charge >= 0.3 is 15.8 Å². The first-order valence-corrected chi connectivity index (χ1v) is 7.61. The number of hydrogen-bond acceptors (Lipinski definition) is 6. The van der Waals surface area contributed by atoms with Crippen LogP contribution < -0.4 is 4.18 Å². The molecule has 0 saturated carbocycles. The van der Waals surface area contributed by atoms with Crippen molar-refractivity contribution in [2.24, 2.45) is 0 Å². The molecule has 7 nitrogen and oxygen atoms in total. The fourth-order valence-electron chi connectivity index (χ4n) is 1.74. The Bertz CT molecular complexity index is 894. The number of rotatable bonds is 5. The lowest BCUT2D eigenvalue weighted by Crippen LogP contribution is -2.11. The minimum absolute atomic E-state index is 0.128. The molecule has 0 fully saturated rings. The molecule has 0 aliphatic heterocycles. The van der Waals surface area contributed by atoms with Gasteiger partial charge in [-0.2, -0.15) is 8.42 Å². The topological polar surface area (TPSA) is 104 Å². The van der Waals surface area contributed by atoms with Crippen molar-refractivity contribution in [3.63, 3.8) is 0 Å². The number of benzene rings is 2. The average Bonchev–Trinajstić information content (AvgIpc) is 2.46. The molecule has 2 aromatic carbocycles. The van der Waals surface area contributed by atoms with Crippen LogP contribution in [0.3, 0.4) is 0 Å². The van der Waals surface area contributed by atoms with Crippen LogP contribution in [0.5, 0.6) is 5.75 Å². The van der Waals surface area contributed by atoms with E-state index in [0.29, 0.717) is 6.07 Å². The molecule has 0 amide bonds. The largest absolute Gasteiger partial charge is 0.371 e. The third-order valence-corrected chi connectivity index (χ3v) is 4.08. The Morgan fingerprint density at radius 2 is 1.91 bits per heavy atom. The number of halogens is 1. The zero-order valence-corrected chi connectivity index (χ0v) is 12.5. The zero-order valence-electron chi connectivity index (χ0n) is 11.7. The number of nitro benzene ring substituents is 1. The summed E-state index contributed by atoms with van der Waals surface area (Å²) in [4.78, 5) is 20.9. The summed E-state index contributed by atoms with van der Waals surface area (Å²) in [6.07, 6.45) is 0. The van der Waals surface area contributed by atoms with E-state index in [9.17, 15) is 27.7 Å². The number of ketones is 1. The highest BCUT2D eigenvalue weighted by atomic mass is 32.2. The summed E-state index contributed by atoms with van der Waals surface area (Å²) in [5, 5.41) is 10.9. The van der Waals surface area contributed by atoms with E-state index in [1.165, 1.54) is 19.1 Å². The van der Waals surface area contributed by atoms with Crippen molar-refractivity contribution in [2.45, 2.75) is 11.8 Å². The van der Waals surface area contributed by atoms with Gasteiger partial charge in [-0.3, -0.25) is 14.9 Å². The molecule has 0 aliphatic carbocycles. The highest BCUT2D eigenvalue weighted by molar-refractivity contribution is 7.87. The normalized spacial score (nSPS) is 11.0. The summed E-state index contributed by atoms with van der Waals surface area (Å²) in [5.41, 5.74) is -0.568. The molecule has 0 aliphatic rings. The Labute approximate surface area is 130 Å². The molecule has 0 saturated heterocycles. The van der Waals surface area contributed by atoms with Gasteiger partial charge in [0.1, 0.15) is 10.7 Å². The molecule has 2 aromatic rings. The van der Waals surface area contributed by atoms with Crippen LogP contribution in [-0.2, 0) is 10.1 Å². The van der Waals surface area contributed by atoms with Gasteiger partial charge in [-0.25, -0.2) is 4.39 Å². The molecule has 0 bridgehead atoms. The van der Waals surface area contributed by atoms with Crippen LogP contribution in [-0.4, -0.2) is 19.1 Å². The molecule has 0 N–H and O–H groups in total. The second-order valence-electron chi connectivity index (χ2n) is 4.49. The molecule has 0 unspecified atom stereocenters. The van der Waals surface area contributed by atoms with Gasteiger partial charge in [-0.1, -0.05) is 12.1 Å². The molecule has 0 heterocycles.